The molecule has 0 aromatic heterocycles. The zero-order chi connectivity index (χ0) is 11.9. The van der Waals surface area contributed by atoms with Crippen LogP contribution >= 0.6 is 0 Å². The van der Waals surface area contributed by atoms with Gasteiger partial charge in [-0.3, -0.25) is 4.79 Å². The molecule has 3 N–H and O–H groups in total. The van der Waals surface area contributed by atoms with Crippen LogP contribution in [0.4, 0.5) is 0 Å². The highest BCUT2D eigenvalue weighted by Crippen LogP contribution is 2.31. The van der Waals surface area contributed by atoms with Crippen LogP contribution in [0.15, 0.2) is 0 Å². The van der Waals surface area contributed by atoms with E-state index in [1.54, 1.807) is 0 Å². The Morgan fingerprint density at radius 3 is 2.69 bits per heavy atom. The quantitative estimate of drug-likeness (QED) is 0.490. The smallest absolute Gasteiger partial charge is 0.219 e. The predicted octanol–water partition coefficient (Wildman–Crippen LogP) is -1.91. The molecule has 92 valence electrons. The Balaban J connectivity index is 2.17. The van der Waals surface area contributed by atoms with Crippen molar-refractivity contribution < 1.29 is 24.9 Å². The van der Waals surface area contributed by atoms with E-state index in [0.29, 0.717) is 13.0 Å². The first-order valence-electron chi connectivity index (χ1n) is 5.46. The second-order valence-electron chi connectivity index (χ2n) is 4.37. The van der Waals surface area contributed by atoms with Crippen LogP contribution in [0.1, 0.15) is 13.3 Å². The lowest BCUT2D eigenvalue weighted by Crippen LogP contribution is -2.61. The largest absolute Gasteiger partial charge is 0.394 e. The number of amides is 1. The van der Waals surface area contributed by atoms with Crippen molar-refractivity contribution in [2.45, 2.75) is 43.8 Å². The lowest BCUT2D eigenvalue weighted by molar-refractivity contribution is -0.198. The van der Waals surface area contributed by atoms with Gasteiger partial charge >= 0.3 is 0 Å². The normalized spacial score (nSPS) is 43.2. The Morgan fingerprint density at radius 1 is 1.44 bits per heavy atom. The van der Waals surface area contributed by atoms with Crippen LogP contribution in [0, 0.1) is 0 Å². The minimum absolute atomic E-state index is 0.134. The van der Waals surface area contributed by atoms with E-state index in [9.17, 15) is 15.0 Å². The molecule has 2 aliphatic rings. The Bertz CT molecular complexity index is 284. The number of ether oxygens (including phenoxy) is 1. The Labute approximate surface area is 93.4 Å². The monoisotopic (exact) mass is 231 g/mol. The first-order chi connectivity index (χ1) is 7.56. The minimum Gasteiger partial charge on any atom is -0.394 e. The van der Waals surface area contributed by atoms with Crippen LogP contribution in [0.25, 0.3) is 0 Å². The van der Waals surface area contributed by atoms with E-state index in [0.717, 1.165) is 0 Å². The van der Waals surface area contributed by atoms with E-state index in [2.05, 4.69) is 0 Å². The standard InChI is InChI=1S/C10H17NO5/c1-5(13)11-3-2-6-8(11)10(15)9(14)7(4-12)16-6/h6-10,12,14-15H,2-4H2,1H3/t6-,7+,8+,9-,10+/m0/s1. The summed E-state index contributed by atoms with van der Waals surface area (Å²) in [4.78, 5) is 12.9. The molecule has 0 aromatic rings. The molecule has 0 aliphatic carbocycles. The van der Waals surface area contributed by atoms with Gasteiger partial charge in [0, 0.05) is 13.5 Å². The van der Waals surface area contributed by atoms with Crippen molar-refractivity contribution in [3.8, 4) is 0 Å². The van der Waals surface area contributed by atoms with Gasteiger partial charge in [-0.05, 0) is 6.42 Å². The zero-order valence-electron chi connectivity index (χ0n) is 9.11. The van der Waals surface area contributed by atoms with Crippen LogP contribution in [-0.4, -0.2) is 69.7 Å². The number of carbonyl (C=O) groups excluding carboxylic acids is 1. The number of aliphatic hydroxyl groups excluding tert-OH is 3. The van der Waals surface area contributed by atoms with Crippen LogP contribution < -0.4 is 0 Å². The number of rotatable bonds is 1. The summed E-state index contributed by atoms with van der Waals surface area (Å²) in [5.41, 5.74) is 0. The lowest BCUT2D eigenvalue weighted by atomic mass is 9.93. The summed E-state index contributed by atoms with van der Waals surface area (Å²) in [6, 6.07) is -0.490. The molecule has 0 spiro atoms. The van der Waals surface area contributed by atoms with Crippen LogP contribution in [-0.2, 0) is 9.53 Å². The fourth-order valence-corrected chi connectivity index (χ4v) is 2.59. The highest BCUT2D eigenvalue weighted by Gasteiger charge is 2.50. The number of nitrogens with zero attached hydrogens (tertiary/aromatic N) is 1. The van der Waals surface area contributed by atoms with Gasteiger partial charge in [-0.2, -0.15) is 0 Å². The molecule has 16 heavy (non-hydrogen) atoms. The molecule has 0 unspecified atom stereocenters. The summed E-state index contributed by atoms with van der Waals surface area (Å²) >= 11 is 0. The predicted molar refractivity (Wildman–Crippen MR) is 53.6 cm³/mol. The van der Waals surface area contributed by atoms with Gasteiger partial charge in [0.05, 0.1) is 18.8 Å². The Hall–Kier alpha value is -0.690. The molecule has 0 saturated carbocycles. The average molecular weight is 231 g/mol. The van der Waals surface area contributed by atoms with Crippen molar-refractivity contribution in [3.63, 3.8) is 0 Å². The molecule has 2 rings (SSSR count). The van der Waals surface area contributed by atoms with Crippen molar-refractivity contribution in [3.05, 3.63) is 0 Å². The summed E-state index contributed by atoms with van der Waals surface area (Å²) in [5.74, 6) is -0.134. The van der Waals surface area contributed by atoms with Crippen molar-refractivity contribution in [1.29, 1.82) is 0 Å². The summed E-state index contributed by atoms with van der Waals surface area (Å²) < 4.78 is 5.47. The average Bonchev–Trinajstić information content (AvgIpc) is 2.67. The number of hydrogen-bond donors (Lipinski definition) is 3. The Kier molecular flexibility index (Phi) is 3.16. The van der Waals surface area contributed by atoms with Crippen molar-refractivity contribution in [1.82, 2.24) is 4.90 Å². The second kappa shape index (κ2) is 4.29. The molecule has 6 heteroatoms. The molecule has 2 fully saturated rings. The summed E-state index contributed by atoms with van der Waals surface area (Å²) in [6.07, 6.45) is -2.62. The van der Waals surface area contributed by atoms with E-state index >= 15 is 0 Å². The summed E-state index contributed by atoms with van der Waals surface area (Å²) in [7, 11) is 0. The Morgan fingerprint density at radius 2 is 2.12 bits per heavy atom. The van der Waals surface area contributed by atoms with Gasteiger partial charge in [0.2, 0.25) is 5.91 Å². The minimum atomic E-state index is -1.15. The third-order valence-corrected chi connectivity index (χ3v) is 3.41. The maximum absolute atomic E-state index is 11.3. The number of carbonyl (C=O) groups is 1. The molecule has 2 heterocycles. The fraction of sp³-hybridized carbons (Fsp3) is 0.900. The SMILES string of the molecule is CC(=O)N1CC[C@@H]2O[C@H](CO)[C@H](O)[C@H](O)[C@@H]21. The van der Waals surface area contributed by atoms with Crippen LogP contribution in [0.3, 0.4) is 0 Å². The van der Waals surface area contributed by atoms with E-state index in [4.69, 9.17) is 9.84 Å². The first kappa shape index (κ1) is 11.8. The van der Waals surface area contributed by atoms with Gasteiger partial charge in [0.1, 0.15) is 18.3 Å². The molecule has 5 atom stereocenters. The van der Waals surface area contributed by atoms with Crippen LogP contribution in [0.5, 0.6) is 0 Å². The molecule has 0 aromatic carbocycles. The van der Waals surface area contributed by atoms with Crippen molar-refractivity contribution in [2.24, 2.45) is 0 Å². The number of fused-ring (bicyclic) bond motifs is 1. The fourth-order valence-electron chi connectivity index (χ4n) is 2.59. The second-order valence-corrected chi connectivity index (χ2v) is 4.37. The molecule has 0 radical (unpaired) electrons. The zero-order valence-corrected chi connectivity index (χ0v) is 9.11. The van der Waals surface area contributed by atoms with Crippen LogP contribution in [0.2, 0.25) is 0 Å². The van der Waals surface area contributed by atoms with Gasteiger partial charge < -0.3 is 25.0 Å². The molecular formula is C10H17NO5. The van der Waals surface area contributed by atoms with Gasteiger partial charge in [-0.25, -0.2) is 0 Å². The first-order valence-corrected chi connectivity index (χ1v) is 5.46. The summed E-state index contributed by atoms with van der Waals surface area (Å²) in [6.45, 7) is 1.62. The topological polar surface area (TPSA) is 90.2 Å². The molecule has 2 saturated heterocycles. The highest BCUT2D eigenvalue weighted by atomic mass is 16.5. The molecule has 1 amide bonds. The molecule has 2 aliphatic heterocycles. The van der Waals surface area contributed by atoms with E-state index in [-0.39, 0.29) is 18.6 Å². The van der Waals surface area contributed by atoms with Gasteiger partial charge in [-0.1, -0.05) is 0 Å². The maximum atomic E-state index is 11.3. The number of aliphatic hydroxyl groups is 3. The highest BCUT2D eigenvalue weighted by molar-refractivity contribution is 5.74. The van der Waals surface area contributed by atoms with Gasteiger partial charge in [0.15, 0.2) is 0 Å². The van der Waals surface area contributed by atoms with E-state index in [1.165, 1.54) is 11.8 Å². The van der Waals surface area contributed by atoms with Crippen molar-refractivity contribution >= 4 is 5.91 Å². The molecular weight excluding hydrogens is 214 g/mol. The van der Waals surface area contributed by atoms with E-state index in [1.807, 2.05) is 0 Å². The molecule has 0 bridgehead atoms. The number of likely N-dealkylation sites (tertiary alicyclic amines) is 1. The third-order valence-electron chi connectivity index (χ3n) is 3.41. The third kappa shape index (κ3) is 1.71. The maximum Gasteiger partial charge on any atom is 0.219 e. The van der Waals surface area contributed by atoms with Crippen molar-refractivity contribution in [2.75, 3.05) is 13.2 Å². The van der Waals surface area contributed by atoms with Gasteiger partial charge in [-0.15, -0.1) is 0 Å². The van der Waals surface area contributed by atoms with E-state index < -0.39 is 24.4 Å². The lowest BCUT2D eigenvalue weighted by Gasteiger charge is -2.41. The van der Waals surface area contributed by atoms with Gasteiger partial charge in [0.25, 0.3) is 0 Å². The molecule has 6 nitrogen and oxygen atoms in total. The number of hydrogen-bond acceptors (Lipinski definition) is 5. The summed E-state index contributed by atoms with van der Waals surface area (Å²) in [5, 5.41) is 28.6.